The van der Waals surface area contributed by atoms with Crippen molar-refractivity contribution >= 4 is 17.5 Å². The second kappa shape index (κ2) is 8.79. The summed E-state index contributed by atoms with van der Waals surface area (Å²) in [4.78, 5) is 11.7. The van der Waals surface area contributed by atoms with Crippen LogP contribution in [0.25, 0.3) is 0 Å². The van der Waals surface area contributed by atoms with E-state index in [-0.39, 0.29) is 6.04 Å². The van der Waals surface area contributed by atoms with Crippen LogP contribution >= 0.6 is 11.6 Å². The highest BCUT2D eigenvalue weighted by atomic mass is 35.5. The van der Waals surface area contributed by atoms with Gasteiger partial charge < -0.3 is 20.1 Å². The molecule has 1 saturated carbocycles. The third-order valence-corrected chi connectivity index (χ3v) is 6.09. The standard InChI is InChI=1S/C20H26ClF3N2O3/c1-14(15-2-4-16(21)5-3-15)25-11-10-18(26-17(27)20(22,23)24)6-8-19(9-7-18)28-12-13-29-19/h2-5,14,25H,6-13H2,1H3,(H,26,27). The predicted molar refractivity (Wildman–Crippen MR) is 103 cm³/mol. The number of amides is 1. The third kappa shape index (κ3) is 5.63. The Bertz CT molecular complexity index is 696. The molecule has 0 bridgehead atoms. The molecule has 3 rings (SSSR count). The van der Waals surface area contributed by atoms with Crippen molar-refractivity contribution in [3.63, 3.8) is 0 Å². The Kier molecular flexibility index (Phi) is 6.77. The maximum atomic E-state index is 12.9. The van der Waals surface area contributed by atoms with Crippen LogP contribution in [-0.2, 0) is 14.3 Å². The zero-order valence-electron chi connectivity index (χ0n) is 16.3. The van der Waals surface area contributed by atoms with Crippen LogP contribution in [0.15, 0.2) is 24.3 Å². The largest absolute Gasteiger partial charge is 0.471 e. The van der Waals surface area contributed by atoms with Crippen LogP contribution in [0.3, 0.4) is 0 Å². The van der Waals surface area contributed by atoms with Gasteiger partial charge in [-0.1, -0.05) is 23.7 Å². The van der Waals surface area contributed by atoms with Crippen molar-refractivity contribution in [3.8, 4) is 0 Å². The summed E-state index contributed by atoms with van der Waals surface area (Å²) < 4.78 is 50.0. The van der Waals surface area contributed by atoms with Crippen LogP contribution in [0.1, 0.15) is 50.6 Å². The van der Waals surface area contributed by atoms with Gasteiger partial charge in [0.2, 0.25) is 0 Å². The molecular weight excluding hydrogens is 409 g/mol. The monoisotopic (exact) mass is 434 g/mol. The van der Waals surface area contributed by atoms with E-state index in [1.807, 2.05) is 19.1 Å². The molecular formula is C20H26ClF3N2O3. The fraction of sp³-hybridized carbons (Fsp3) is 0.650. The van der Waals surface area contributed by atoms with Gasteiger partial charge in [0, 0.05) is 29.4 Å². The summed E-state index contributed by atoms with van der Waals surface area (Å²) in [5.74, 6) is -2.61. The van der Waals surface area contributed by atoms with Gasteiger partial charge in [-0.15, -0.1) is 0 Å². The van der Waals surface area contributed by atoms with Crippen molar-refractivity contribution < 1.29 is 27.4 Å². The molecule has 1 atom stereocenters. The van der Waals surface area contributed by atoms with Crippen molar-refractivity contribution in [2.75, 3.05) is 19.8 Å². The quantitative estimate of drug-likeness (QED) is 0.707. The molecule has 1 amide bonds. The van der Waals surface area contributed by atoms with E-state index in [0.29, 0.717) is 56.9 Å². The Morgan fingerprint density at radius 2 is 1.72 bits per heavy atom. The zero-order valence-corrected chi connectivity index (χ0v) is 17.0. The molecule has 29 heavy (non-hydrogen) atoms. The number of nitrogens with one attached hydrogen (secondary N) is 2. The van der Waals surface area contributed by atoms with Crippen molar-refractivity contribution in [3.05, 3.63) is 34.9 Å². The highest BCUT2D eigenvalue weighted by Crippen LogP contribution is 2.42. The first kappa shape index (κ1) is 22.3. The third-order valence-electron chi connectivity index (χ3n) is 5.84. The average molecular weight is 435 g/mol. The molecule has 2 aliphatic rings. The van der Waals surface area contributed by atoms with Crippen LogP contribution in [0.5, 0.6) is 0 Å². The van der Waals surface area contributed by atoms with Crippen LogP contribution in [0.2, 0.25) is 5.02 Å². The van der Waals surface area contributed by atoms with Gasteiger partial charge in [-0.05, 0) is 50.4 Å². The van der Waals surface area contributed by atoms with Gasteiger partial charge in [-0.25, -0.2) is 0 Å². The lowest BCUT2D eigenvalue weighted by atomic mass is 9.76. The van der Waals surface area contributed by atoms with E-state index >= 15 is 0 Å². The summed E-state index contributed by atoms with van der Waals surface area (Å²) in [6, 6.07) is 7.39. The molecule has 1 spiro atoms. The second-order valence-corrected chi connectivity index (χ2v) is 8.25. The van der Waals surface area contributed by atoms with Crippen molar-refractivity contribution in [1.82, 2.24) is 10.6 Å². The van der Waals surface area contributed by atoms with Gasteiger partial charge in [-0.3, -0.25) is 4.79 Å². The van der Waals surface area contributed by atoms with Crippen LogP contribution in [0, 0.1) is 0 Å². The highest BCUT2D eigenvalue weighted by molar-refractivity contribution is 6.30. The smallest absolute Gasteiger partial charge is 0.348 e. The number of hydrogen-bond acceptors (Lipinski definition) is 4. The molecule has 2 fully saturated rings. The maximum absolute atomic E-state index is 12.9. The van der Waals surface area contributed by atoms with Crippen molar-refractivity contribution in [1.29, 1.82) is 0 Å². The highest BCUT2D eigenvalue weighted by Gasteiger charge is 2.49. The first-order valence-corrected chi connectivity index (χ1v) is 10.2. The van der Waals surface area contributed by atoms with Gasteiger partial charge in [0.05, 0.1) is 13.2 Å². The Balaban J connectivity index is 1.62. The van der Waals surface area contributed by atoms with Gasteiger partial charge in [0.1, 0.15) is 0 Å². The van der Waals surface area contributed by atoms with E-state index < -0.39 is 23.4 Å². The van der Waals surface area contributed by atoms with Crippen LogP contribution < -0.4 is 10.6 Å². The number of carbonyl (C=O) groups excluding carboxylic acids is 1. The van der Waals surface area contributed by atoms with E-state index in [2.05, 4.69) is 10.6 Å². The fourth-order valence-electron chi connectivity index (χ4n) is 4.04. The maximum Gasteiger partial charge on any atom is 0.471 e. The topological polar surface area (TPSA) is 59.6 Å². The molecule has 1 unspecified atom stereocenters. The van der Waals surface area contributed by atoms with Crippen molar-refractivity contribution in [2.24, 2.45) is 0 Å². The van der Waals surface area contributed by atoms with Gasteiger partial charge >= 0.3 is 12.1 Å². The normalized spacial score (nSPS) is 21.8. The summed E-state index contributed by atoms with van der Waals surface area (Å²) in [6.07, 6.45) is -2.89. The Hall–Kier alpha value is -1.35. The second-order valence-electron chi connectivity index (χ2n) is 7.82. The lowest BCUT2D eigenvalue weighted by Gasteiger charge is -2.44. The molecule has 0 aromatic heterocycles. The molecule has 0 radical (unpaired) electrons. The van der Waals surface area contributed by atoms with Crippen molar-refractivity contribution in [2.45, 2.75) is 62.6 Å². The number of ether oxygens (including phenoxy) is 2. The Morgan fingerprint density at radius 1 is 1.14 bits per heavy atom. The lowest BCUT2D eigenvalue weighted by molar-refractivity contribution is -0.193. The predicted octanol–water partition coefficient (Wildman–Crippen LogP) is 4.12. The van der Waals surface area contributed by atoms with E-state index in [4.69, 9.17) is 21.1 Å². The summed E-state index contributed by atoms with van der Waals surface area (Å²) in [5, 5.41) is 6.23. The number of alkyl halides is 3. The summed E-state index contributed by atoms with van der Waals surface area (Å²) in [5.41, 5.74) is 0.0815. The first-order valence-electron chi connectivity index (χ1n) is 9.79. The number of hydrogen-bond donors (Lipinski definition) is 2. The minimum Gasteiger partial charge on any atom is -0.348 e. The molecule has 1 aliphatic carbocycles. The molecule has 1 saturated heterocycles. The first-order chi connectivity index (χ1) is 13.6. The average Bonchev–Trinajstić information content (AvgIpc) is 3.13. The summed E-state index contributed by atoms with van der Waals surface area (Å²) >= 11 is 5.90. The Labute approximate surface area is 173 Å². The van der Waals surface area contributed by atoms with E-state index in [1.54, 1.807) is 12.1 Å². The summed E-state index contributed by atoms with van der Waals surface area (Å²) in [7, 11) is 0. The molecule has 1 aromatic rings. The number of rotatable bonds is 6. The van der Waals surface area contributed by atoms with Gasteiger partial charge in [-0.2, -0.15) is 13.2 Å². The molecule has 162 valence electrons. The molecule has 2 N–H and O–H groups in total. The number of carbonyl (C=O) groups is 1. The number of halogens is 4. The summed E-state index contributed by atoms with van der Waals surface area (Å²) in [6.45, 7) is 3.40. The van der Waals surface area contributed by atoms with Crippen LogP contribution in [-0.4, -0.2) is 43.2 Å². The lowest BCUT2D eigenvalue weighted by Crippen LogP contribution is -2.57. The van der Waals surface area contributed by atoms with E-state index in [0.717, 1.165) is 5.56 Å². The van der Waals surface area contributed by atoms with E-state index in [9.17, 15) is 18.0 Å². The molecule has 9 heteroatoms. The van der Waals surface area contributed by atoms with Gasteiger partial charge in [0.15, 0.2) is 5.79 Å². The minimum absolute atomic E-state index is 0.000865. The zero-order chi connectivity index (χ0) is 21.1. The minimum atomic E-state index is -4.91. The fourth-order valence-corrected chi connectivity index (χ4v) is 4.17. The molecule has 1 heterocycles. The van der Waals surface area contributed by atoms with Crippen LogP contribution in [0.4, 0.5) is 13.2 Å². The number of benzene rings is 1. The molecule has 1 aromatic carbocycles. The molecule has 1 aliphatic heterocycles. The van der Waals surface area contributed by atoms with E-state index in [1.165, 1.54) is 0 Å². The SMILES string of the molecule is CC(NCCC1(NC(=O)C(F)(F)F)CCC2(CC1)OCCO2)c1ccc(Cl)cc1. The van der Waals surface area contributed by atoms with Gasteiger partial charge in [0.25, 0.3) is 0 Å². The Morgan fingerprint density at radius 3 is 2.28 bits per heavy atom. The molecule has 5 nitrogen and oxygen atoms in total.